The second kappa shape index (κ2) is 6.35. The average Bonchev–Trinajstić information content (AvgIpc) is 3.06. The zero-order valence-corrected chi connectivity index (χ0v) is 14.3. The van der Waals surface area contributed by atoms with Gasteiger partial charge in [0.15, 0.2) is 0 Å². The molecular formula is C19H22N4O2. The Morgan fingerprint density at radius 2 is 1.96 bits per heavy atom. The highest BCUT2D eigenvalue weighted by atomic mass is 16.2. The van der Waals surface area contributed by atoms with E-state index in [2.05, 4.69) is 15.5 Å². The van der Waals surface area contributed by atoms with E-state index in [1.54, 1.807) is 0 Å². The maximum absolute atomic E-state index is 13.0. The largest absolute Gasteiger partial charge is 0.342 e. The number of benzene rings is 1. The number of carbonyl (C=O) groups is 2. The minimum atomic E-state index is -0.364. The lowest BCUT2D eigenvalue weighted by atomic mass is 9.86. The summed E-state index contributed by atoms with van der Waals surface area (Å²) in [5.41, 5.74) is 4.07. The highest BCUT2D eigenvalue weighted by molar-refractivity contribution is 6.01. The van der Waals surface area contributed by atoms with E-state index in [0.717, 1.165) is 42.9 Å². The lowest BCUT2D eigenvalue weighted by molar-refractivity contribution is -0.135. The molecule has 0 spiro atoms. The number of piperidine rings is 1. The molecule has 2 aromatic rings. The zero-order chi connectivity index (χ0) is 17.4. The first-order valence-electron chi connectivity index (χ1n) is 8.81. The summed E-state index contributed by atoms with van der Waals surface area (Å²) in [7, 11) is 0. The van der Waals surface area contributed by atoms with Crippen molar-refractivity contribution in [2.45, 2.75) is 38.0 Å². The highest BCUT2D eigenvalue weighted by Crippen LogP contribution is 2.35. The summed E-state index contributed by atoms with van der Waals surface area (Å²) in [6, 6.07) is 7.61. The first kappa shape index (κ1) is 15.9. The van der Waals surface area contributed by atoms with Crippen molar-refractivity contribution in [1.29, 1.82) is 0 Å². The van der Waals surface area contributed by atoms with Crippen molar-refractivity contribution in [2.24, 2.45) is 0 Å². The third kappa shape index (κ3) is 2.92. The Hall–Kier alpha value is -2.63. The Balaban J connectivity index is 1.48. The number of aromatic nitrogens is 2. The topological polar surface area (TPSA) is 78.1 Å². The minimum absolute atomic E-state index is 0.0738. The molecule has 2 amide bonds. The number of nitrogens with zero attached hydrogens (tertiary/aromatic N) is 2. The number of aromatic amines is 1. The fourth-order valence-electron chi connectivity index (χ4n) is 4.03. The zero-order valence-electron chi connectivity index (χ0n) is 14.3. The molecule has 2 aliphatic rings. The molecule has 0 bridgehead atoms. The normalized spacial score (nSPS) is 20.9. The smallest absolute Gasteiger partial charge is 0.230 e. The van der Waals surface area contributed by atoms with Crippen molar-refractivity contribution in [3.05, 3.63) is 47.3 Å². The molecule has 0 radical (unpaired) electrons. The van der Waals surface area contributed by atoms with Gasteiger partial charge in [-0.2, -0.15) is 5.10 Å². The van der Waals surface area contributed by atoms with Crippen molar-refractivity contribution >= 4 is 17.5 Å². The Morgan fingerprint density at radius 3 is 2.68 bits per heavy atom. The third-order valence-electron chi connectivity index (χ3n) is 5.41. The summed E-state index contributed by atoms with van der Waals surface area (Å²) >= 11 is 0. The molecule has 6 heteroatoms. The molecule has 1 unspecified atom stereocenters. The van der Waals surface area contributed by atoms with Crippen LogP contribution in [0.4, 0.5) is 5.69 Å². The van der Waals surface area contributed by atoms with Crippen LogP contribution in [0.15, 0.2) is 30.5 Å². The average molecular weight is 338 g/mol. The van der Waals surface area contributed by atoms with Crippen molar-refractivity contribution in [3.63, 3.8) is 0 Å². The molecule has 2 aliphatic heterocycles. The molecule has 1 saturated heterocycles. The van der Waals surface area contributed by atoms with Crippen molar-refractivity contribution in [2.75, 3.05) is 18.4 Å². The van der Waals surface area contributed by atoms with Crippen LogP contribution in [0.2, 0.25) is 0 Å². The molecule has 0 saturated carbocycles. The number of anilines is 1. The Labute approximate surface area is 146 Å². The van der Waals surface area contributed by atoms with Crippen LogP contribution in [-0.2, 0) is 9.59 Å². The van der Waals surface area contributed by atoms with E-state index >= 15 is 0 Å². The number of H-pyrrole nitrogens is 1. The van der Waals surface area contributed by atoms with Gasteiger partial charge in [-0.05, 0) is 42.9 Å². The number of amides is 2. The maximum atomic E-state index is 13.0. The van der Waals surface area contributed by atoms with E-state index in [1.807, 2.05) is 42.3 Å². The predicted molar refractivity (Wildman–Crippen MR) is 94.3 cm³/mol. The van der Waals surface area contributed by atoms with Crippen LogP contribution in [0.25, 0.3) is 0 Å². The first-order chi connectivity index (χ1) is 12.1. The Morgan fingerprint density at radius 1 is 1.20 bits per heavy atom. The van der Waals surface area contributed by atoms with E-state index < -0.39 is 0 Å². The number of aryl methyl sites for hydroxylation is 1. The number of rotatable bonds is 2. The van der Waals surface area contributed by atoms with E-state index in [0.29, 0.717) is 5.92 Å². The summed E-state index contributed by atoms with van der Waals surface area (Å²) < 4.78 is 0. The summed E-state index contributed by atoms with van der Waals surface area (Å²) in [4.78, 5) is 26.9. The Bertz CT molecular complexity index is 805. The number of fused-ring (bicyclic) bond motifs is 1. The first-order valence-corrected chi connectivity index (χ1v) is 8.81. The van der Waals surface area contributed by atoms with Crippen molar-refractivity contribution in [1.82, 2.24) is 15.1 Å². The van der Waals surface area contributed by atoms with E-state index in [-0.39, 0.29) is 24.2 Å². The lowest BCUT2D eigenvalue weighted by Crippen LogP contribution is -2.42. The summed E-state index contributed by atoms with van der Waals surface area (Å²) in [5.74, 6) is 0.0764. The monoisotopic (exact) mass is 338 g/mol. The van der Waals surface area contributed by atoms with E-state index in [1.165, 1.54) is 5.56 Å². The molecule has 0 aliphatic carbocycles. The molecule has 4 rings (SSSR count). The fraction of sp³-hybridized carbons (Fsp3) is 0.421. The number of hydrogen-bond donors (Lipinski definition) is 2. The maximum Gasteiger partial charge on any atom is 0.230 e. The van der Waals surface area contributed by atoms with Crippen LogP contribution in [0.1, 0.15) is 47.9 Å². The van der Waals surface area contributed by atoms with Gasteiger partial charge in [-0.1, -0.05) is 18.2 Å². The van der Waals surface area contributed by atoms with Crippen LogP contribution in [0.5, 0.6) is 0 Å². The van der Waals surface area contributed by atoms with Gasteiger partial charge in [0.2, 0.25) is 11.8 Å². The van der Waals surface area contributed by atoms with Crippen LogP contribution in [-0.4, -0.2) is 40.0 Å². The van der Waals surface area contributed by atoms with Crippen molar-refractivity contribution in [3.8, 4) is 0 Å². The van der Waals surface area contributed by atoms with Gasteiger partial charge in [-0.25, -0.2) is 0 Å². The number of para-hydroxylation sites is 1. The molecule has 130 valence electrons. The molecule has 6 nitrogen and oxygen atoms in total. The summed E-state index contributed by atoms with van der Waals surface area (Å²) in [6.07, 6.45) is 4.01. The number of hydrogen-bond acceptors (Lipinski definition) is 3. The van der Waals surface area contributed by atoms with Crippen LogP contribution in [0, 0.1) is 6.92 Å². The van der Waals surface area contributed by atoms with Crippen LogP contribution in [0.3, 0.4) is 0 Å². The molecular weight excluding hydrogens is 316 g/mol. The van der Waals surface area contributed by atoms with Gasteiger partial charge in [0.05, 0.1) is 12.1 Å². The SMILES string of the molecule is Cc1[nH]ncc1C1CCN(C(=O)C2CC(=O)Nc3ccccc32)CC1. The van der Waals surface area contributed by atoms with Gasteiger partial charge in [0.25, 0.3) is 0 Å². The van der Waals surface area contributed by atoms with Gasteiger partial charge in [0.1, 0.15) is 0 Å². The molecule has 1 aromatic carbocycles. The molecule has 1 aromatic heterocycles. The Kier molecular flexibility index (Phi) is 4.03. The molecule has 3 heterocycles. The van der Waals surface area contributed by atoms with Crippen LogP contribution >= 0.6 is 0 Å². The summed E-state index contributed by atoms with van der Waals surface area (Å²) in [5, 5.41) is 9.96. The second-order valence-corrected chi connectivity index (χ2v) is 6.94. The van der Waals surface area contributed by atoms with Gasteiger partial charge in [-0.15, -0.1) is 0 Å². The quantitative estimate of drug-likeness (QED) is 0.883. The fourth-order valence-corrected chi connectivity index (χ4v) is 4.03. The number of likely N-dealkylation sites (tertiary alicyclic amines) is 1. The van der Waals surface area contributed by atoms with E-state index in [9.17, 15) is 9.59 Å². The molecule has 1 atom stereocenters. The number of carbonyl (C=O) groups excluding carboxylic acids is 2. The van der Waals surface area contributed by atoms with Gasteiger partial charge in [0, 0.05) is 30.9 Å². The van der Waals surface area contributed by atoms with Crippen molar-refractivity contribution < 1.29 is 9.59 Å². The van der Waals surface area contributed by atoms with Crippen LogP contribution < -0.4 is 5.32 Å². The third-order valence-corrected chi connectivity index (χ3v) is 5.41. The van der Waals surface area contributed by atoms with Gasteiger partial charge in [-0.3, -0.25) is 14.7 Å². The lowest BCUT2D eigenvalue weighted by Gasteiger charge is -2.35. The second-order valence-electron chi connectivity index (χ2n) is 6.94. The van der Waals surface area contributed by atoms with Gasteiger partial charge >= 0.3 is 0 Å². The molecule has 25 heavy (non-hydrogen) atoms. The molecule has 1 fully saturated rings. The minimum Gasteiger partial charge on any atom is -0.342 e. The highest BCUT2D eigenvalue weighted by Gasteiger charge is 2.35. The predicted octanol–water partition coefficient (Wildman–Crippen LogP) is 2.55. The summed E-state index contributed by atoms with van der Waals surface area (Å²) in [6.45, 7) is 3.50. The number of nitrogens with one attached hydrogen (secondary N) is 2. The molecule has 2 N–H and O–H groups in total. The van der Waals surface area contributed by atoms with E-state index in [4.69, 9.17) is 0 Å². The standard InChI is InChI=1S/C19H22N4O2/c1-12-16(11-20-22-12)13-6-8-23(9-7-13)19(25)15-10-18(24)21-17-5-3-2-4-14(15)17/h2-5,11,13,15H,6-10H2,1H3,(H,20,22)(H,21,24). The van der Waals surface area contributed by atoms with Gasteiger partial charge < -0.3 is 10.2 Å².